The molecule has 0 saturated carbocycles. The van der Waals surface area contributed by atoms with Gasteiger partial charge in [0.2, 0.25) is 0 Å². The second kappa shape index (κ2) is 6.09. The Morgan fingerprint density at radius 3 is 2.81 bits per heavy atom. The van der Waals surface area contributed by atoms with Gasteiger partial charge in [-0.1, -0.05) is 0 Å². The predicted octanol–water partition coefficient (Wildman–Crippen LogP) is 1.62. The van der Waals surface area contributed by atoms with Gasteiger partial charge in [-0.2, -0.15) is 5.26 Å². The topological polar surface area (TPSA) is 60.2 Å². The van der Waals surface area contributed by atoms with Crippen LogP contribution in [-0.2, 0) is 6.61 Å². The molecule has 1 heterocycles. The van der Waals surface area contributed by atoms with Gasteiger partial charge in [-0.3, -0.25) is 0 Å². The van der Waals surface area contributed by atoms with E-state index in [4.69, 9.17) is 10.4 Å². The molecule has 0 radical (unpaired) electrons. The molecule has 0 aliphatic heterocycles. The van der Waals surface area contributed by atoms with Gasteiger partial charge in [-0.05, 0) is 31.0 Å². The van der Waals surface area contributed by atoms with Crippen LogP contribution < -0.4 is 4.90 Å². The van der Waals surface area contributed by atoms with Crippen LogP contribution in [0.5, 0.6) is 0 Å². The molecule has 0 aliphatic rings. The Morgan fingerprint density at radius 2 is 2.31 bits per heavy atom. The number of aromatic nitrogens is 1. The molecule has 1 rings (SSSR count). The van der Waals surface area contributed by atoms with E-state index >= 15 is 0 Å². The second-order valence-corrected chi connectivity index (χ2v) is 3.63. The van der Waals surface area contributed by atoms with Crippen molar-refractivity contribution in [3.8, 4) is 6.07 Å². The van der Waals surface area contributed by atoms with Crippen molar-refractivity contribution in [3.63, 3.8) is 0 Å². The largest absolute Gasteiger partial charge is 0.392 e. The molecule has 4 nitrogen and oxygen atoms in total. The maximum atomic E-state index is 8.99. The lowest BCUT2D eigenvalue weighted by atomic mass is 10.2. The fourth-order valence-electron chi connectivity index (χ4n) is 1.64. The van der Waals surface area contributed by atoms with E-state index in [-0.39, 0.29) is 6.61 Å². The number of anilines is 1. The van der Waals surface area contributed by atoms with Crippen molar-refractivity contribution in [2.24, 2.45) is 0 Å². The van der Waals surface area contributed by atoms with Crippen molar-refractivity contribution in [1.29, 1.82) is 5.26 Å². The van der Waals surface area contributed by atoms with Crippen LogP contribution in [0.1, 0.15) is 24.5 Å². The van der Waals surface area contributed by atoms with Crippen molar-refractivity contribution >= 4 is 5.82 Å². The Labute approximate surface area is 96.2 Å². The number of nitrogens with zero attached hydrogens (tertiary/aromatic N) is 3. The summed E-state index contributed by atoms with van der Waals surface area (Å²) in [6.07, 6.45) is 2.17. The van der Waals surface area contributed by atoms with Crippen molar-refractivity contribution in [2.45, 2.75) is 26.9 Å². The Kier molecular flexibility index (Phi) is 4.74. The number of rotatable bonds is 5. The average Bonchev–Trinajstić information content (AvgIpc) is 2.31. The molecular weight excluding hydrogens is 202 g/mol. The fraction of sp³-hybridized carbons (Fsp3) is 0.500. The third-order valence-corrected chi connectivity index (χ3v) is 2.46. The zero-order valence-electron chi connectivity index (χ0n) is 9.77. The molecule has 1 aromatic rings. The number of hydrogen-bond acceptors (Lipinski definition) is 4. The Hall–Kier alpha value is -1.60. The normalized spacial score (nSPS) is 9.88. The molecule has 1 aromatic heterocycles. The smallest absolute Gasteiger partial charge is 0.131 e. The lowest BCUT2D eigenvalue weighted by Gasteiger charge is -2.22. The van der Waals surface area contributed by atoms with E-state index in [0.29, 0.717) is 13.0 Å². The molecule has 0 amide bonds. The Bertz CT molecular complexity index is 384. The minimum absolute atomic E-state index is 0.0123. The van der Waals surface area contributed by atoms with Gasteiger partial charge in [0.1, 0.15) is 5.82 Å². The van der Waals surface area contributed by atoms with Crippen LogP contribution in [0.15, 0.2) is 12.3 Å². The summed E-state index contributed by atoms with van der Waals surface area (Å²) in [6.45, 7) is 5.54. The van der Waals surface area contributed by atoms with Gasteiger partial charge in [0.25, 0.3) is 0 Å². The molecule has 1 N–H and O–H groups in total. The number of aryl methyl sites for hydroxylation is 1. The maximum Gasteiger partial charge on any atom is 0.131 e. The van der Waals surface area contributed by atoms with Crippen molar-refractivity contribution in [3.05, 3.63) is 23.4 Å². The average molecular weight is 219 g/mol. The highest BCUT2D eigenvalue weighted by atomic mass is 16.3. The molecule has 0 unspecified atom stereocenters. The lowest BCUT2D eigenvalue weighted by molar-refractivity contribution is 0.281. The number of pyridine rings is 1. The Balaban J connectivity index is 2.88. The van der Waals surface area contributed by atoms with Gasteiger partial charge in [0.15, 0.2) is 0 Å². The van der Waals surface area contributed by atoms with E-state index in [2.05, 4.69) is 16.0 Å². The predicted molar refractivity (Wildman–Crippen MR) is 63.0 cm³/mol. The van der Waals surface area contributed by atoms with Crippen LogP contribution in [0.3, 0.4) is 0 Å². The lowest BCUT2D eigenvalue weighted by Crippen LogP contribution is -2.25. The first kappa shape index (κ1) is 12.5. The first-order valence-corrected chi connectivity index (χ1v) is 5.41. The standard InChI is InChI=1S/C12H17N3O/c1-3-15(6-4-5-13)12-10(2)7-11(9-16)8-14-12/h7-8,16H,3-4,6,9H2,1-2H3. The van der Waals surface area contributed by atoms with Crippen LogP contribution in [-0.4, -0.2) is 23.2 Å². The highest BCUT2D eigenvalue weighted by molar-refractivity contribution is 5.47. The monoisotopic (exact) mass is 219 g/mol. The summed E-state index contributed by atoms with van der Waals surface area (Å²) < 4.78 is 0. The van der Waals surface area contributed by atoms with Gasteiger partial charge in [0, 0.05) is 19.3 Å². The number of aliphatic hydroxyl groups excluding tert-OH is 1. The molecular formula is C12H17N3O. The van der Waals surface area contributed by atoms with Crippen molar-refractivity contribution in [2.75, 3.05) is 18.0 Å². The van der Waals surface area contributed by atoms with Crippen LogP contribution in [0.25, 0.3) is 0 Å². The highest BCUT2D eigenvalue weighted by Crippen LogP contribution is 2.17. The minimum atomic E-state index is 0.0123. The van der Waals surface area contributed by atoms with E-state index in [1.807, 2.05) is 19.9 Å². The molecule has 0 atom stereocenters. The molecule has 16 heavy (non-hydrogen) atoms. The quantitative estimate of drug-likeness (QED) is 0.817. The second-order valence-electron chi connectivity index (χ2n) is 3.63. The summed E-state index contributed by atoms with van der Waals surface area (Å²) in [7, 11) is 0. The minimum Gasteiger partial charge on any atom is -0.392 e. The van der Waals surface area contributed by atoms with E-state index in [1.54, 1.807) is 6.20 Å². The van der Waals surface area contributed by atoms with Crippen LogP contribution in [0.2, 0.25) is 0 Å². The fourth-order valence-corrected chi connectivity index (χ4v) is 1.64. The molecule has 86 valence electrons. The van der Waals surface area contributed by atoms with E-state index < -0.39 is 0 Å². The molecule has 0 aromatic carbocycles. The SMILES string of the molecule is CCN(CCC#N)c1ncc(CO)cc1C. The van der Waals surface area contributed by atoms with Gasteiger partial charge in [-0.25, -0.2) is 4.98 Å². The van der Waals surface area contributed by atoms with Gasteiger partial charge in [-0.15, -0.1) is 0 Å². The molecule has 0 fully saturated rings. The summed E-state index contributed by atoms with van der Waals surface area (Å²) in [5.74, 6) is 0.898. The molecule has 4 heteroatoms. The molecule has 0 aliphatic carbocycles. The first-order valence-electron chi connectivity index (χ1n) is 5.41. The maximum absolute atomic E-state index is 8.99. The Morgan fingerprint density at radius 1 is 1.56 bits per heavy atom. The number of nitriles is 1. The first-order chi connectivity index (χ1) is 7.72. The van der Waals surface area contributed by atoms with Gasteiger partial charge >= 0.3 is 0 Å². The highest BCUT2D eigenvalue weighted by Gasteiger charge is 2.08. The van der Waals surface area contributed by atoms with Crippen LogP contribution in [0, 0.1) is 18.3 Å². The summed E-state index contributed by atoms with van der Waals surface area (Å²) in [5.41, 5.74) is 1.85. The van der Waals surface area contributed by atoms with Crippen molar-refractivity contribution < 1.29 is 5.11 Å². The molecule has 0 spiro atoms. The third-order valence-electron chi connectivity index (χ3n) is 2.46. The zero-order valence-corrected chi connectivity index (χ0v) is 9.77. The van der Waals surface area contributed by atoms with Crippen LogP contribution >= 0.6 is 0 Å². The third kappa shape index (κ3) is 2.94. The number of aliphatic hydroxyl groups is 1. The number of hydrogen-bond donors (Lipinski definition) is 1. The van der Waals surface area contributed by atoms with Crippen molar-refractivity contribution in [1.82, 2.24) is 4.98 Å². The zero-order chi connectivity index (χ0) is 12.0. The summed E-state index contributed by atoms with van der Waals surface area (Å²) in [5, 5.41) is 17.6. The van der Waals surface area contributed by atoms with Gasteiger partial charge < -0.3 is 10.0 Å². The van der Waals surface area contributed by atoms with Gasteiger partial charge in [0.05, 0.1) is 19.1 Å². The van der Waals surface area contributed by atoms with E-state index in [9.17, 15) is 0 Å². The van der Waals surface area contributed by atoms with E-state index in [1.165, 1.54) is 0 Å². The molecule has 0 bridgehead atoms. The van der Waals surface area contributed by atoms with E-state index in [0.717, 1.165) is 23.5 Å². The van der Waals surface area contributed by atoms with Crippen LogP contribution in [0.4, 0.5) is 5.82 Å². The summed E-state index contributed by atoms with van der Waals surface area (Å²) >= 11 is 0. The molecule has 0 saturated heterocycles. The summed E-state index contributed by atoms with van der Waals surface area (Å²) in [6, 6.07) is 4.06. The summed E-state index contributed by atoms with van der Waals surface area (Å²) in [4.78, 5) is 6.40.